The number of rotatable bonds is 6. The number of oxazole rings is 1. The minimum absolute atomic E-state index is 0.0922. The van der Waals surface area contributed by atoms with Crippen molar-refractivity contribution in [1.82, 2.24) is 19.9 Å². The van der Waals surface area contributed by atoms with Crippen molar-refractivity contribution in [3.05, 3.63) is 76.8 Å². The molecule has 0 bridgehead atoms. The molecule has 10 nitrogen and oxygen atoms in total. The van der Waals surface area contributed by atoms with Crippen LogP contribution >= 0.6 is 0 Å². The first kappa shape index (κ1) is 20.4. The van der Waals surface area contributed by atoms with Crippen LogP contribution in [0.25, 0.3) is 33.8 Å². The number of carbonyl (C=O) groups excluding carboxylic acids is 1. The van der Waals surface area contributed by atoms with Crippen LogP contribution in [0.15, 0.2) is 72.7 Å². The topological polar surface area (TPSA) is 126 Å². The molecular weight excluding hydrogens is 428 g/mol. The van der Waals surface area contributed by atoms with Gasteiger partial charge in [0.1, 0.15) is 23.1 Å². The molecule has 1 atom stereocenters. The highest BCUT2D eigenvalue weighted by atomic mass is 16.5. The summed E-state index contributed by atoms with van der Waals surface area (Å²) in [5.41, 5.74) is 2.86. The summed E-state index contributed by atoms with van der Waals surface area (Å²) in [6.45, 7) is 3.04. The molecule has 0 saturated carbocycles. The van der Waals surface area contributed by atoms with E-state index < -0.39 is 17.8 Å². The van der Waals surface area contributed by atoms with Gasteiger partial charge in [0.25, 0.3) is 11.8 Å². The minimum Gasteiger partial charge on any atom is -0.454 e. The molecule has 3 aromatic heterocycles. The maximum atomic E-state index is 12.6. The minimum atomic E-state index is -0.909. The quantitative estimate of drug-likeness (QED) is 0.357. The molecule has 5 aromatic rings. The van der Waals surface area contributed by atoms with Crippen LogP contribution in [0.1, 0.15) is 24.6 Å². The first-order valence-corrected chi connectivity index (χ1v) is 10.1. The Balaban J connectivity index is 1.33. The number of nitrogens with zero attached hydrogens (tertiary/aromatic N) is 4. The number of carbonyl (C=O) groups is 1. The fraction of sp³-hybridized carbons (Fsp3) is 0.174. The summed E-state index contributed by atoms with van der Waals surface area (Å²) in [5.74, 6) is -0.481. The molecular formula is C23H18N4O6. The summed E-state index contributed by atoms with van der Waals surface area (Å²) in [6.07, 6.45) is 0. The number of hydrogen-bond acceptors (Lipinski definition) is 9. The van der Waals surface area contributed by atoms with Gasteiger partial charge >= 0.3 is 11.7 Å². The number of hydrogen-bond donors (Lipinski definition) is 0. The van der Waals surface area contributed by atoms with E-state index in [1.807, 2.05) is 30.3 Å². The Morgan fingerprint density at radius 2 is 1.82 bits per heavy atom. The Hall–Kier alpha value is -4.47. The third-order valence-electron chi connectivity index (χ3n) is 5.18. The van der Waals surface area contributed by atoms with E-state index in [4.69, 9.17) is 18.1 Å². The van der Waals surface area contributed by atoms with E-state index in [9.17, 15) is 9.59 Å². The summed E-state index contributed by atoms with van der Waals surface area (Å²) in [6, 6.07) is 15.4. The average molecular weight is 446 g/mol. The first-order valence-electron chi connectivity index (χ1n) is 10.1. The number of aryl methyl sites for hydroxylation is 1. The van der Waals surface area contributed by atoms with Crippen molar-refractivity contribution in [3.63, 3.8) is 0 Å². The van der Waals surface area contributed by atoms with Crippen LogP contribution in [-0.4, -0.2) is 25.9 Å². The highest BCUT2D eigenvalue weighted by Gasteiger charge is 2.25. The molecule has 2 aromatic carbocycles. The van der Waals surface area contributed by atoms with Crippen molar-refractivity contribution in [1.29, 1.82) is 0 Å². The average Bonchev–Trinajstić information content (AvgIpc) is 3.53. The van der Waals surface area contributed by atoms with Crippen molar-refractivity contribution >= 4 is 17.1 Å². The predicted octanol–water partition coefficient (Wildman–Crippen LogP) is 3.91. The number of para-hydroxylation sites is 2. The highest BCUT2D eigenvalue weighted by molar-refractivity contribution is 5.79. The van der Waals surface area contributed by atoms with Gasteiger partial charge in [-0.25, -0.2) is 9.59 Å². The zero-order chi connectivity index (χ0) is 22.9. The zero-order valence-electron chi connectivity index (χ0n) is 17.7. The summed E-state index contributed by atoms with van der Waals surface area (Å²) >= 11 is 0. The lowest BCUT2D eigenvalue weighted by Gasteiger charge is -2.11. The summed E-state index contributed by atoms with van der Waals surface area (Å²) in [4.78, 5) is 24.8. The molecule has 0 spiro atoms. The van der Waals surface area contributed by atoms with E-state index in [-0.39, 0.29) is 18.4 Å². The van der Waals surface area contributed by atoms with Crippen molar-refractivity contribution in [2.75, 3.05) is 0 Å². The number of ether oxygens (including phenoxy) is 1. The maximum Gasteiger partial charge on any atom is 0.420 e. The largest absolute Gasteiger partial charge is 0.454 e. The number of benzene rings is 2. The monoisotopic (exact) mass is 446 g/mol. The fourth-order valence-electron chi connectivity index (χ4n) is 3.54. The molecule has 3 heterocycles. The second-order valence-corrected chi connectivity index (χ2v) is 7.32. The van der Waals surface area contributed by atoms with E-state index in [0.29, 0.717) is 28.1 Å². The first-order chi connectivity index (χ1) is 16.0. The Bertz CT molecular complexity index is 1490. The lowest BCUT2D eigenvalue weighted by atomic mass is 10.1. The van der Waals surface area contributed by atoms with Crippen LogP contribution < -0.4 is 5.76 Å². The van der Waals surface area contributed by atoms with E-state index in [1.165, 1.54) is 4.57 Å². The summed E-state index contributed by atoms with van der Waals surface area (Å²) < 4.78 is 22.8. The lowest BCUT2D eigenvalue weighted by Crippen LogP contribution is -2.26. The SMILES string of the molecule is Cc1onc(-c2ccccc2)c1-c1nnc(COC(=O)[C@H](C)n2c(=O)oc3ccccc32)o1. The van der Waals surface area contributed by atoms with Gasteiger partial charge in [-0.2, -0.15) is 0 Å². The van der Waals surface area contributed by atoms with E-state index >= 15 is 0 Å². The van der Waals surface area contributed by atoms with Gasteiger partial charge in [0.05, 0.1) is 5.52 Å². The number of fused-ring (bicyclic) bond motifs is 1. The lowest BCUT2D eigenvalue weighted by molar-refractivity contribution is -0.149. The molecule has 166 valence electrons. The zero-order valence-corrected chi connectivity index (χ0v) is 17.7. The molecule has 0 radical (unpaired) electrons. The number of esters is 1. The smallest absolute Gasteiger partial charge is 0.420 e. The van der Waals surface area contributed by atoms with Gasteiger partial charge in [-0.05, 0) is 26.0 Å². The molecule has 0 amide bonds. The second kappa shape index (κ2) is 8.23. The van der Waals surface area contributed by atoms with Gasteiger partial charge in [-0.15, -0.1) is 10.2 Å². The van der Waals surface area contributed by atoms with Crippen LogP contribution in [0.5, 0.6) is 0 Å². The van der Waals surface area contributed by atoms with Crippen molar-refractivity contribution in [2.45, 2.75) is 26.5 Å². The van der Waals surface area contributed by atoms with Crippen molar-refractivity contribution in [3.8, 4) is 22.7 Å². The fourth-order valence-corrected chi connectivity index (χ4v) is 3.54. The highest BCUT2D eigenvalue weighted by Crippen LogP contribution is 2.33. The molecule has 10 heteroatoms. The molecule has 0 aliphatic heterocycles. The standard InChI is InChI=1S/C23H18N4O6/c1-13(27-16-10-6-7-11-17(16)31-23(27)29)22(28)30-12-18-24-25-21(32-18)19-14(2)33-26-20(19)15-8-4-3-5-9-15/h3-11,13H,12H2,1-2H3/t13-/m0/s1. The van der Waals surface area contributed by atoms with Crippen LogP contribution in [0.2, 0.25) is 0 Å². The van der Waals surface area contributed by atoms with Crippen LogP contribution in [0, 0.1) is 6.92 Å². The van der Waals surface area contributed by atoms with E-state index in [0.717, 1.165) is 5.56 Å². The van der Waals surface area contributed by atoms with Gasteiger partial charge in [0.2, 0.25) is 0 Å². The van der Waals surface area contributed by atoms with Crippen LogP contribution in [-0.2, 0) is 16.1 Å². The molecule has 0 aliphatic rings. The molecule has 0 aliphatic carbocycles. The van der Waals surface area contributed by atoms with E-state index in [1.54, 1.807) is 38.1 Å². The molecule has 0 saturated heterocycles. The Labute approximate surface area is 186 Å². The second-order valence-electron chi connectivity index (χ2n) is 7.32. The summed E-state index contributed by atoms with van der Waals surface area (Å²) in [5, 5.41) is 12.1. The van der Waals surface area contributed by atoms with Crippen molar-refractivity contribution < 1.29 is 22.9 Å². The Morgan fingerprint density at radius 1 is 1.06 bits per heavy atom. The molecule has 0 unspecified atom stereocenters. The Morgan fingerprint density at radius 3 is 2.64 bits per heavy atom. The maximum absolute atomic E-state index is 12.6. The van der Waals surface area contributed by atoms with E-state index in [2.05, 4.69) is 15.4 Å². The molecule has 0 fully saturated rings. The van der Waals surface area contributed by atoms with Crippen LogP contribution in [0.4, 0.5) is 0 Å². The third-order valence-corrected chi connectivity index (χ3v) is 5.18. The normalized spacial score (nSPS) is 12.2. The van der Waals surface area contributed by atoms with Gasteiger partial charge in [0.15, 0.2) is 12.2 Å². The molecule has 0 N–H and O–H groups in total. The van der Waals surface area contributed by atoms with Gasteiger partial charge in [-0.3, -0.25) is 4.57 Å². The predicted molar refractivity (Wildman–Crippen MR) is 115 cm³/mol. The van der Waals surface area contributed by atoms with Gasteiger partial charge < -0.3 is 18.1 Å². The summed E-state index contributed by atoms with van der Waals surface area (Å²) in [7, 11) is 0. The van der Waals surface area contributed by atoms with Gasteiger partial charge in [0, 0.05) is 5.56 Å². The van der Waals surface area contributed by atoms with Crippen molar-refractivity contribution in [2.24, 2.45) is 0 Å². The molecule has 33 heavy (non-hydrogen) atoms. The number of aromatic nitrogens is 4. The third kappa shape index (κ3) is 3.71. The Kier molecular flexibility index (Phi) is 5.09. The van der Waals surface area contributed by atoms with Gasteiger partial charge in [-0.1, -0.05) is 47.6 Å². The molecule has 5 rings (SSSR count). The van der Waals surface area contributed by atoms with Crippen LogP contribution in [0.3, 0.4) is 0 Å².